The summed E-state index contributed by atoms with van der Waals surface area (Å²) in [5.74, 6) is 0. The van der Waals surface area contributed by atoms with Crippen LogP contribution in [0, 0.1) is 6.92 Å². The summed E-state index contributed by atoms with van der Waals surface area (Å²) in [6.45, 7) is 5.01. The van der Waals surface area contributed by atoms with E-state index < -0.39 is 0 Å². The van der Waals surface area contributed by atoms with Gasteiger partial charge in [-0.1, -0.05) is 64.3 Å². The first-order chi connectivity index (χ1) is 9.52. The minimum absolute atomic E-state index is 0.0571. The molecule has 0 aliphatic rings. The molecule has 0 heterocycles. The van der Waals surface area contributed by atoms with Crippen molar-refractivity contribution in [1.29, 1.82) is 0 Å². The van der Waals surface area contributed by atoms with Gasteiger partial charge in [-0.2, -0.15) is 0 Å². The van der Waals surface area contributed by atoms with E-state index in [2.05, 4.69) is 53.3 Å². The fraction of sp³-hybridized carbons (Fsp3) is 0.250. The number of hydrogen-bond acceptors (Lipinski definition) is 1. The van der Waals surface area contributed by atoms with Crippen molar-refractivity contribution in [3.63, 3.8) is 0 Å². The summed E-state index contributed by atoms with van der Waals surface area (Å²) in [5.41, 5.74) is 3.42. The van der Waals surface area contributed by atoms with Gasteiger partial charge in [0.2, 0.25) is 0 Å². The van der Waals surface area contributed by atoms with Gasteiger partial charge < -0.3 is 5.32 Å². The van der Waals surface area contributed by atoms with Gasteiger partial charge in [0, 0.05) is 14.5 Å². The van der Waals surface area contributed by atoms with Crippen LogP contribution in [0.4, 0.5) is 0 Å². The Morgan fingerprint density at radius 2 is 1.90 bits per heavy atom. The van der Waals surface area contributed by atoms with E-state index in [1.165, 1.54) is 11.1 Å². The quantitative estimate of drug-likeness (QED) is 0.718. The van der Waals surface area contributed by atoms with E-state index in [4.69, 9.17) is 23.2 Å². The summed E-state index contributed by atoms with van der Waals surface area (Å²) < 4.78 is 1.10. The predicted molar refractivity (Wildman–Crippen MR) is 90.9 cm³/mol. The van der Waals surface area contributed by atoms with Crippen LogP contribution in [-0.4, -0.2) is 6.54 Å². The van der Waals surface area contributed by atoms with Gasteiger partial charge in [0.25, 0.3) is 0 Å². The molecule has 0 radical (unpaired) electrons. The lowest BCUT2D eigenvalue weighted by Gasteiger charge is -2.21. The molecule has 0 saturated carbocycles. The highest BCUT2D eigenvalue weighted by molar-refractivity contribution is 9.10. The highest BCUT2D eigenvalue weighted by Crippen LogP contribution is 2.32. The van der Waals surface area contributed by atoms with Crippen LogP contribution in [0.3, 0.4) is 0 Å². The lowest BCUT2D eigenvalue weighted by molar-refractivity contribution is 0.630. The van der Waals surface area contributed by atoms with Crippen molar-refractivity contribution in [1.82, 2.24) is 5.32 Å². The zero-order valence-electron chi connectivity index (χ0n) is 11.4. The molecule has 0 aliphatic carbocycles. The summed E-state index contributed by atoms with van der Waals surface area (Å²) in [4.78, 5) is 0. The van der Waals surface area contributed by atoms with E-state index in [9.17, 15) is 0 Å². The van der Waals surface area contributed by atoms with Gasteiger partial charge in [-0.25, -0.2) is 0 Å². The van der Waals surface area contributed by atoms with Crippen LogP contribution in [0.5, 0.6) is 0 Å². The standard InChI is InChI=1S/C16H16BrCl2N/c1-3-20-16(11-5-4-10(2)14(17)8-11)13-7-6-12(18)9-15(13)19/h4-9,16,20H,3H2,1-2H3. The van der Waals surface area contributed by atoms with Crippen LogP contribution in [0.1, 0.15) is 29.7 Å². The molecule has 20 heavy (non-hydrogen) atoms. The average molecular weight is 373 g/mol. The van der Waals surface area contributed by atoms with Gasteiger partial charge in [-0.05, 0) is 48.4 Å². The van der Waals surface area contributed by atoms with Gasteiger partial charge in [-0.3, -0.25) is 0 Å². The number of halogens is 3. The topological polar surface area (TPSA) is 12.0 Å². The highest BCUT2D eigenvalue weighted by Gasteiger charge is 2.17. The lowest BCUT2D eigenvalue weighted by Crippen LogP contribution is -2.22. The molecule has 4 heteroatoms. The molecule has 0 fully saturated rings. The first kappa shape index (κ1) is 15.8. The van der Waals surface area contributed by atoms with Crippen molar-refractivity contribution in [2.75, 3.05) is 6.54 Å². The normalized spacial score (nSPS) is 12.4. The van der Waals surface area contributed by atoms with Crippen molar-refractivity contribution in [2.24, 2.45) is 0 Å². The highest BCUT2D eigenvalue weighted by atomic mass is 79.9. The molecule has 0 amide bonds. The van der Waals surface area contributed by atoms with E-state index >= 15 is 0 Å². The third-order valence-corrected chi connectivity index (χ3v) is 4.63. The third kappa shape index (κ3) is 3.56. The first-order valence-electron chi connectivity index (χ1n) is 6.47. The van der Waals surface area contributed by atoms with Crippen molar-refractivity contribution < 1.29 is 0 Å². The molecule has 1 unspecified atom stereocenters. The smallest absolute Gasteiger partial charge is 0.0591 e. The maximum Gasteiger partial charge on any atom is 0.0591 e. The molecular weight excluding hydrogens is 357 g/mol. The number of nitrogens with one attached hydrogen (secondary N) is 1. The van der Waals surface area contributed by atoms with E-state index in [0.717, 1.165) is 16.6 Å². The molecule has 1 atom stereocenters. The number of benzene rings is 2. The van der Waals surface area contributed by atoms with Gasteiger partial charge in [0.15, 0.2) is 0 Å². The summed E-state index contributed by atoms with van der Waals surface area (Å²) in [6.07, 6.45) is 0. The van der Waals surface area contributed by atoms with Gasteiger partial charge in [0.05, 0.1) is 6.04 Å². The largest absolute Gasteiger partial charge is 0.306 e. The number of aryl methyl sites for hydroxylation is 1. The van der Waals surface area contributed by atoms with Crippen LogP contribution in [-0.2, 0) is 0 Å². The Kier molecular flexibility index (Phi) is 5.50. The fourth-order valence-corrected chi connectivity index (χ4v) is 3.05. The van der Waals surface area contributed by atoms with Crippen LogP contribution in [0.2, 0.25) is 10.0 Å². The molecule has 0 bridgehead atoms. The van der Waals surface area contributed by atoms with E-state index in [1.807, 2.05) is 12.1 Å². The molecule has 0 spiro atoms. The fourth-order valence-electron chi connectivity index (χ4n) is 2.14. The van der Waals surface area contributed by atoms with Crippen molar-refractivity contribution in [2.45, 2.75) is 19.9 Å². The summed E-state index contributed by atoms with van der Waals surface area (Å²) in [5, 5.41) is 4.81. The van der Waals surface area contributed by atoms with Crippen molar-refractivity contribution in [3.05, 3.63) is 67.6 Å². The van der Waals surface area contributed by atoms with Gasteiger partial charge >= 0.3 is 0 Å². The summed E-state index contributed by atoms with van der Waals surface area (Å²) >= 11 is 15.9. The Bertz CT molecular complexity index is 613. The Balaban J connectivity index is 2.47. The first-order valence-corrected chi connectivity index (χ1v) is 8.02. The minimum Gasteiger partial charge on any atom is -0.306 e. The van der Waals surface area contributed by atoms with Crippen LogP contribution in [0.25, 0.3) is 0 Å². The molecule has 1 N–H and O–H groups in total. The number of rotatable bonds is 4. The SMILES string of the molecule is CCNC(c1ccc(C)c(Br)c1)c1ccc(Cl)cc1Cl. The second kappa shape index (κ2) is 6.95. The zero-order chi connectivity index (χ0) is 14.7. The van der Waals surface area contributed by atoms with Crippen molar-refractivity contribution >= 4 is 39.1 Å². The molecule has 2 aromatic rings. The molecule has 0 saturated heterocycles. The Morgan fingerprint density at radius 3 is 2.50 bits per heavy atom. The van der Waals surface area contributed by atoms with Crippen molar-refractivity contribution in [3.8, 4) is 0 Å². The summed E-state index contributed by atoms with van der Waals surface area (Å²) in [6, 6.07) is 12.1. The van der Waals surface area contributed by atoms with Gasteiger partial charge in [-0.15, -0.1) is 0 Å². The molecule has 2 aromatic carbocycles. The molecule has 0 aliphatic heterocycles. The molecule has 2 rings (SSSR count). The lowest BCUT2D eigenvalue weighted by atomic mass is 9.97. The molecular formula is C16H16BrCl2N. The molecule has 0 aromatic heterocycles. The van der Waals surface area contributed by atoms with E-state index in [1.54, 1.807) is 6.07 Å². The molecule has 106 valence electrons. The van der Waals surface area contributed by atoms with E-state index in [-0.39, 0.29) is 6.04 Å². The predicted octanol–water partition coefficient (Wildman–Crippen LogP) is 5.76. The van der Waals surface area contributed by atoms with Gasteiger partial charge in [0.1, 0.15) is 0 Å². The maximum atomic E-state index is 6.34. The Labute approximate surface area is 138 Å². The Morgan fingerprint density at radius 1 is 1.15 bits per heavy atom. The minimum atomic E-state index is 0.0571. The summed E-state index contributed by atoms with van der Waals surface area (Å²) in [7, 11) is 0. The Hall–Kier alpha value is -0.540. The van der Waals surface area contributed by atoms with E-state index in [0.29, 0.717) is 10.0 Å². The van der Waals surface area contributed by atoms with Crippen LogP contribution < -0.4 is 5.32 Å². The monoisotopic (exact) mass is 371 g/mol. The number of hydrogen-bond donors (Lipinski definition) is 1. The van der Waals surface area contributed by atoms with Crippen LogP contribution in [0.15, 0.2) is 40.9 Å². The zero-order valence-corrected chi connectivity index (χ0v) is 14.5. The average Bonchev–Trinajstić information content (AvgIpc) is 2.40. The second-order valence-electron chi connectivity index (χ2n) is 4.67. The second-order valence-corrected chi connectivity index (χ2v) is 6.36. The maximum absolute atomic E-state index is 6.34. The third-order valence-electron chi connectivity index (χ3n) is 3.21. The molecule has 1 nitrogen and oxygen atoms in total. The van der Waals surface area contributed by atoms with Crippen LogP contribution >= 0.6 is 39.1 Å².